The molecule has 0 bridgehead atoms. The minimum Gasteiger partial charge on any atom is -0.228 e. The fourth-order valence-corrected chi connectivity index (χ4v) is 7.51. The van der Waals surface area contributed by atoms with Gasteiger partial charge in [0.25, 0.3) is 0 Å². The van der Waals surface area contributed by atoms with Gasteiger partial charge in [0.05, 0.1) is 11.4 Å². The van der Waals surface area contributed by atoms with Crippen molar-refractivity contribution in [2.45, 2.75) is 19.3 Å². The summed E-state index contributed by atoms with van der Waals surface area (Å²) >= 11 is 0. The van der Waals surface area contributed by atoms with Crippen LogP contribution in [0.25, 0.3) is 77.3 Å². The van der Waals surface area contributed by atoms with Crippen LogP contribution in [0.4, 0.5) is 0 Å². The van der Waals surface area contributed by atoms with Gasteiger partial charge in [0.2, 0.25) is 0 Å². The molecule has 1 aromatic heterocycles. The first kappa shape index (κ1) is 25.9. The largest absolute Gasteiger partial charge is 0.228 e. The Balaban J connectivity index is 1.31. The molecule has 1 heterocycles. The number of hydrogen-bond acceptors (Lipinski definition) is 2. The van der Waals surface area contributed by atoms with Crippen molar-refractivity contribution in [1.82, 2.24) is 9.97 Å². The SMILES string of the molecule is CC1(C)c2ccccc2-c2cccc(-c3cc(-c4cccc5c4ccc4cc6ccccc6cc45)nc(-c4ccccc4)n3)c21. The number of nitrogens with zero attached hydrogens (tertiary/aromatic N) is 2. The minimum absolute atomic E-state index is 0.151. The van der Waals surface area contributed by atoms with Crippen molar-refractivity contribution >= 4 is 32.3 Å². The number of fused-ring (bicyclic) bond motifs is 7. The smallest absolute Gasteiger partial charge is 0.160 e. The van der Waals surface area contributed by atoms with Crippen molar-refractivity contribution in [3.63, 3.8) is 0 Å². The molecule has 7 aromatic carbocycles. The summed E-state index contributed by atoms with van der Waals surface area (Å²) in [5.41, 5.74) is 10.3. The Hall–Kier alpha value is -5.60. The lowest BCUT2D eigenvalue weighted by Gasteiger charge is -2.24. The van der Waals surface area contributed by atoms with E-state index in [0.717, 1.165) is 33.9 Å². The van der Waals surface area contributed by atoms with Crippen LogP contribution in [0.1, 0.15) is 25.0 Å². The van der Waals surface area contributed by atoms with Crippen LogP contribution in [0.3, 0.4) is 0 Å². The molecular formula is C43H30N2. The quantitative estimate of drug-likeness (QED) is 0.155. The van der Waals surface area contributed by atoms with E-state index >= 15 is 0 Å². The summed E-state index contributed by atoms with van der Waals surface area (Å²) < 4.78 is 0. The minimum atomic E-state index is -0.151. The predicted molar refractivity (Wildman–Crippen MR) is 188 cm³/mol. The Morgan fingerprint density at radius 2 is 1.07 bits per heavy atom. The molecule has 0 atom stereocenters. The molecule has 0 fully saturated rings. The van der Waals surface area contributed by atoms with Crippen LogP contribution in [0.2, 0.25) is 0 Å². The summed E-state index contributed by atoms with van der Waals surface area (Å²) in [4.78, 5) is 10.5. The lowest BCUT2D eigenvalue weighted by atomic mass is 9.79. The van der Waals surface area contributed by atoms with Gasteiger partial charge >= 0.3 is 0 Å². The van der Waals surface area contributed by atoms with Gasteiger partial charge in [-0.2, -0.15) is 0 Å². The van der Waals surface area contributed by atoms with E-state index in [1.54, 1.807) is 0 Å². The average Bonchev–Trinajstić information content (AvgIpc) is 3.33. The molecule has 0 amide bonds. The first-order valence-electron chi connectivity index (χ1n) is 15.6. The van der Waals surface area contributed by atoms with Gasteiger partial charge in [-0.3, -0.25) is 0 Å². The lowest BCUT2D eigenvalue weighted by Crippen LogP contribution is -2.16. The zero-order valence-electron chi connectivity index (χ0n) is 25.3. The van der Waals surface area contributed by atoms with Crippen LogP contribution in [0.5, 0.6) is 0 Å². The first-order valence-corrected chi connectivity index (χ1v) is 15.6. The maximum Gasteiger partial charge on any atom is 0.160 e. The van der Waals surface area contributed by atoms with Crippen molar-refractivity contribution in [2.75, 3.05) is 0 Å². The molecule has 0 saturated carbocycles. The van der Waals surface area contributed by atoms with Gasteiger partial charge in [-0.25, -0.2) is 9.97 Å². The second-order valence-electron chi connectivity index (χ2n) is 12.6. The molecule has 0 aliphatic heterocycles. The van der Waals surface area contributed by atoms with Gasteiger partial charge in [-0.05, 0) is 72.8 Å². The van der Waals surface area contributed by atoms with Gasteiger partial charge in [0.15, 0.2) is 5.82 Å². The molecule has 0 saturated heterocycles. The summed E-state index contributed by atoms with van der Waals surface area (Å²) in [5.74, 6) is 0.734. The zero-order valence-corrected chi connectivity index (χ0v) is 25.3. The molecule has 0 radical (unpaired) electrons. The van der Waals surface area contributed by atoms with Crippen LogP contribution < -0.4 is 0 Å². The van der Waals surface area contributed by atoms with E-state index in [1.807, 2.05) is 6.07 Å². The van der Waals surface area contributed by atoms with Crippen molar-refractivity contribution in [3.8, 4) is 45.0 Å². The third-order valence-electron chi connectivity index (χ3n) is 9.63. The molecule has 0 unspecified atom stereocenters. The molecule has 8 aromatic rings. The third kappa shape index (κ3) is 3.96. The predicted octanol–water partition coefficient (Wildman–Crippen LogP) is 11.2. The van der Waals surface area contributed by atoms with Crippen LogP contribution in [-0.2, 0) is 5.41 Å². The summed E-state index contributed by atoms with van der Waals surface area (Å²) in [6.07, 6.45) is 0. The van der Waals surface area contributed by atoms with Gasteiger partial charge in [0.1, 0.15) is 0 Å². The Kier molecular flexibility index (Phi) is 5.58. The monoisotopic (exact) mass is 574 g/mol. The van der Waals surface area contributed by atoms with E-state index in [9.17, 15) is 0 Å². The number of hydrogen-bond donors (Lipinski definition) is 0. The molecule has 45 heavy (non-hydrogen) atoms. The molecule has 1 aliphatic carbocycles. The second kappa shape index (κ2) is 9.70. The second-order valence-corrected chi connectivity index (χ2v) is 12.6. The highest BCUT2D eigenvalue weighted by atomic mass is 14.9. The molecule has 1 aliphatic rings. The Morgan fingerprint density at radius 3 is 1.91 bits per heavy atom. The summed E-state index contributed by atoms with van der Waals surface area (Å²) in [6, 6.07) is 52.3. The average molecular weight is 575 g/mol. The summed E-state index contributed by atoms with van der Waals surface area (Å²) in [7, 11) is 0. The highest BCUT2D eigenvalue weighted by Gasteiger charge is 2.37. The van der Waals surface area contributed by atoms with Gasteiger partial charge in [-0.15, -0.1) is 0 Å². The molecule has 0 N–H and O–H groups in total. The van der Waals surface area contributed by atoms with Crippen LogP contribution in [-0.4, -0.2) is 9.97 Å². The van der Waals surface area contributed by atoms with E-state index < -0.39 is 0 Å². The maximum absolute atomic E-state index is 5.26. The first-order chi connectivity index (χ1) is 22.1. The molecule has 0 spiro atoms. The fourth-order valence-electron chi connectivity index (χ4n) is 7.51. The van der Waals surface area contributed by atoms with E-state index in [1.165, 1.54) is 54.6 Å². The van der Waals surface area contributed by atoms with Crippen LogP contribution in [0, 0.1) is 0 Å². The van der Waals surface area contributed by atoms with Gasteiger partial charge in [-0.1, -0.05) is 141 Å². The van der Waals surface area contributed by atoms with E-state index in [0.29, 0.717) is 0 Å². The number of benzene rings is 7. The highest BCUT2D eigenvalue weighted by Crippen LogP contribution is 2.52. The van der Waals surface area contributed by atoms with Crippen molar-refractivity contribution < 1.29 is 0 Å². The van der Waals surface area contributed by atoms with E-state index in [-0.39, 0.29) is 5.41 Å². The topological polar surface area (TPSA) is 25.8 Å². The van der Waals surface area contributed by atoms with Gasteiger partial charge in [0, 0.05) is 22.1 Å². The standard InChI is InChI=1S/C43H30N2/c1-43(2)38-21-9-8-16-33(38)35-19-11-20-36(41(35)43)40-26-39(44-42(45-40)27-12-4-3-5-13-27)34-18-10-17-31-32(34)23-22-30-24-28-14-6-7-15-29(28)25-37(30)31/h3-26H,1-2H3. The number of aromatic nitrogens is 2. The van der Waals surface area contributed by atoms with Crippen LogP contribution >= 0.6 is 0 Å². The van der Waals surface area contributed by atoms with E-state index in [2.05, 4.69) is 153 Å². The summed E-state index contributed by atoms with van der Waals surface area (Å²) in [5, 5.41) is 7.43. The van der Waals surface area contributed by atoms with Gasteiger partial charge < -0.3 is 0 Å². The van der Waals surface area contributed by atoms with Crippen molar-refractivity contribution in [3.05, 3.63) is 157 Å². The molecule has 2 heteroatoms. The summed E-state index contributed by atoms with van der Waals surface area (Å²) in [6.45, 7) is 4.67. The molecule has 9 rings (SSSR count). The molecule has 212 valence electrons. The van der Waals surface area contributed by atoms with Crippen molar-refractivity contribution in [2.24, 2.45) is 0 Å². The highest BCUT2D eigenvalue weighted by molar-refractivity contribution is 6.15. The zero-order chi connectivity index (χ0) is 30.1. The lowest BCUT2D eigenvalue weighted by molar-refractivity contribution is 0.662. The third-order valence-corrected chi connectivity index (χ3v) is 9.63. The van der Waals surface area contributed by atoms with Crippen molar-refractivity contribution in [1.29, 1.82) is 0 Å². The normalized spacial score (nSPS) is 13.3. The number of rotatable bonds is 3. The van der Waals surface area contributed by atoms with E-state index in [4.69, 9.17) is 9.97 Å². The Bertz CT molecular complexity index is 2450. The Labute approximate surface area is 262 Å². The molecular weight excluding hydrogens is 544 g/mol. The van der Waals surface area contributed by atoms with Crippen LogP contribution in [0.15, 0.2) is 146 Å². The molecule has 2 nitrogen and oxygen atoms in total. The Morgan fingerprint density at radius 1 is 0.422 bits per heavy atom. The maximum atomic E-state index is 5.26. The fraction of sp³-hybridized carbons (Fsp3) is 0.0698.